The lowest BCUT2D eigenvalue weighted by atomic mass is 10.1. The first-order valence-electron chi connectivity index (χ1n) is 8.63. The van der Waals surface area contributed by atoms with Crippen LogP contribution in [-0.4, -0.2) is 37.2 Å². The Morgan fingerprint density at radius 1 is 1.04 bits per heavy atom. The van der Waals surface area contributed by atoms with Crippen LogP contribution in [0.4, 0.5) is 0 Å². The Morgan fingerprint density at radius 2 is 1.70 bits per heavy atom. The SMILES string of the molecule is CCCN=C(NCC)NCCCCCCC(=O)OC(C)(C)C.I. The predicted octanol–water partition coefficient (Wildman–Crippen LogP) is 3.86. The number of halogens is 1. The molecule has 0 fully saturated rings. The Labute approximate surface area is 159 Å². The van der Waals surface area contributed by atoms with Gasteiger partial charge in [0.05, 0.1) is 0 Å². The van der Waals surface area contributed by atoms with Gasteiger partial charge in [-0.05, 0) is 47.0 Å². The van der Waals surface area contributed by atoms with Gasteiger partial charge in [-0.25, -0.2) is 0 Å². The van der Waals surface area contributed by atoms with Crippen LogP contribution in [0.15, 0.2) is 4.99 Å². The molecule has 0 aromatic carbocycles. The molecule has 2 N–H and O–H groups in total. The van der Waals surface area contributed by atoms with Crippen LogP contribution in [-0.2, 0) is 9.53 Å². The van der Waals surface area contributed by atoms with Gasteiger partial charge in [-0.15, -0.1) is 24.0 Å². The number of hydrogen-bond donors (Lipinski definition) is 2. The Bertz CT molecular complexity index is 328. The molecule has 6 heteroatoms. The minimum Gasteiger partial charge on any atom is -0.460 e. The average Bonchev–Trinajstić information content (AvgIpc) is 2.41. The lowest BCUT2D eigenvalue weighted by molar-refractivity contribution is -0.154. The minimum absolute atomic E-state index is 0. The molecule has 0 atom stereocenters. The molecule has 5 nitrogen and oxygen atoms in total. The predicted molar refractivity (Wildman–Crippen MR) is 109 cm³/mol. The van der Waals surface area contributed by atoms with Crippen molar-refractivity contribution in [2.45, 2.75) is 78.7 Å². The quantitative estimate of drug-likeness (QED) is 0.178. The molecule has 138 valence electrons. The van der Waals surface area contributed by atoms with E-state index in [0.29, 0.717) is 6.42 Å². The number of nitrogens with zero attached hydrogens (tertiary/aromatic N) is 1. The number of guanidine groups is 1. The van der Waals surface area contributed by atoms with Crippen LogP contribution in [0.5, 0.6) is 0 Å². The molecule has 0 bridgehead atoms. The van der Waals surface area contributed by atoms with Crippen molar-refractivity contribution in [2.75, 3.05) is 19.6 Å². The van der Waals surface area contributed by atoms with E-state index in [-0.39, 0.29) is 35.5 Å². The maximum atomic E-state index is 11.6. The maximum Gasteiger partial charge on any atom is 0.306 e. The lowest BCUT2D eigenvalue weighted by Crippen LogP contribution is -2.37. The van der Waals surface area contributed by atoms with E-state index < -0.39 is 0 Å². The molecule has 0 rings (SSSR count). The number of ether oxygens (including phenoxy) is 1. The smallest absolute Gasteiger partial charge is 0.306 e. The van der Waals surface area contributed by atoms with E-state index in [0.717, 1.165) is 57.7 Å². The van der Waals surface area contributed by atoms with Gasteiger partial charge in [-0.1, -0.05) is 19.8 Å². The number of rotatable bonds is 10. The van der Waals surface area contributed by atoms with Crippen LogP contribution in [0.2, 0.25) is 0 Å². The molecule has 0 saturated carbocycles. The zero-order valence-corrected chi connectivity index (χ0v) is 17.9. The molecule has 0 aliphatic rings. The topological polar surface area (TPSA) is 62.7 Å². The number of carbonyl (C=O) groups is 1. The standard InChI is InChI=1S/C17H35N3O2.HI/c1-6-13-19-16(18-7-2)20-14-11-9-8-10-12-15(21)22-17(3,4)5;/h6-14H2,1-5H3,(H2,18,19,20);1H. The Kier molecular flexibility index (Phi) is 16.1. The third kappa shape index (κ3) is 17.7. The first-order chi connectivity index (χ1) is 10.4. The van der Waals surface area contributed by atoms with Gasteiger partial charge in [-0.2, -0.15) is 0 Å². The van der Waals surface area contributed by atoms with Gasteiger partial charge in [0, 0.05) is 26.1 Å². The van der Waals surface area contributed by atoms with Crippen LogP contribution < -0.4 is 10.6 Å². The third-order valence-corrected chi connectivity index (χ3v) is 2.86. The molecule has 0 heterocycles. The second-order valence-electron chi connectivity index (χ2n) is 6.44. The summed E-state index contributed by atoms with van der Waals surface area (Å²) in [5.41, 5.74) is -0.374. The van der Waals surface area contributed by atoms with Gasteiger partial charge in [0.25, 0.3) is 0 Å². The second kappa shape index (κ2) is 15.0. The van der Waals surface area contributed by atoms with Crippen molar-refractivity contribution >= 4 is 35.9 Å². The van der Waals surface area contributed by atoms with Crippen LogP contribution in [0.3, 0.4) is 0 Å². The highest BCUT2D eigenvalue weighted by molar-refractivity contribution is 14.0. The average molecular weight is 441 g/mol. The van der Waals surface area contributed by atoms with E-state index in [1.54, 1.807) is 0 Å². The first kappa shape index (κ1) is 24.7. The zero-order chi connectivity index (χ0) is 16.8. The number of hydrogen-bond acceptors (Lipinski definition) is 3. The Balaban J connectivity index is 0. The molecule has 0 spiro atoms. The molecule has 0 amide bonds. The summed E-state index contributed by atoms with van der Waals surface area (Å²) in [5, 5.41) is 6.57. The maximum absolute atomic E-state index is 11.6. The number of esters is 1. The van der Waals surface area contributed by atoms with E-state index in [1.165, 1.54) is 0 Å². The van der Waals surface area contributed by atoms with E-state index >= 15 is 0 Å². The van der Waals surface area contributed by atoms with E-state index in [4.69, 9.17) is 4.74 Å². The normalized spacial score (nSPS) is 11.6. The van der Waals surface area contributed by atoms with Crippen molar-refractivity contribution < 1.29 is 9.53 Å². The van der Waals surface area contributed by atoms with Crippen LogP contribution in [0, 0.1) is 0 Å². The molecule has 23 heavy (non-hydrogen) atoms. The van der Waals surface area contributed by atoms with Crippen molar-refractivity contribution in [1.29, 1.82) is 0 Å². The lowest BCUT2D eigenvalue weighted by Gasteiger charge is -2.19. The van der Waals surface area contributed by atoms with Crippen LogP contribution in [0.1, 0.15) is 73.1 Å². The van der Waals surface area contributed by atoms with E-state index in [1.807, 2.05) is 20.8 Å². The summed E-state index contributed by atoms with van der Waals surface area (Å²) in [4.78, 5) is 16.0. The summed E-state index contributed by atoms with van der Waals surface area (Å²) in [6.45, 7) is 12.5. The van der Waals surface area contributed by atoms with Crippen LogP contribution >= 0.6 is 24.0 Å². The van der Waals surface area contributed by atoms with Crippen molar-refractivity contribution in [3.05, 3.63) is 0 Å². The molecule has 0 aromatic heterocycles. The summed E-state index contributed by atoms with van der Waals surface area (Å²) < 4.78 is 5.29. The van der Waals surface area contributed by atoms with Gasteiger partial charge in [-0.3, -0.25) is 9.79 Å². The van der Waals surface area contributed by atoms with Gasteiger partial charge < -0.3 is 15.4 Å². The van der Waals surface area contributed by atoms with E-state index in [9.17, 15) is 4.79 Å². The summed E-state index contributed by atoms with van der Waals surface area (Å²) in [6, 6.07) is 0. The van der Waals surface area contributed by atoms with Gasteiger partial charge in [0.2, 0.25) is 0 Å². The molecule has 0 saturated heterocycles. The largest absolute Gasteiger partial charge is 0.460 e. The molecule has 0 aromatic rings. The second-order valence-corrected chi connectivity index (χ2v) is 6.44. The number of unbranched alkanes of at least 4 members (excludes halogenated alkanes) is 3. The summed E-state index contributed by atoms with van der Waals surface area (Å²) >= 11 is 0. The van der Waals surface area contributed by atoms with Crippen LogP contribution in [0.25, 0.3) is 0 Å². The third-order valence-electron chi connectivity index (χ3n) is 2.86. The first-order valence-corrected chi connectivity index (χ1v) is 8.63. The fourth-order valence-electron chi connectivity index (χ4n) is 1.91. The highest BCUT2D eigenvalue weighted by atomic mass is 127. The fraction of sp³-hybridized carbons (Fsp3) is 0.882. The monoisotopic (exact) mass is 441 g/mol. The van der Waals surface area contributed by atoms with Crippen molar-refractivity contribution in [2.24, 2.45) is 4.99 Å². The number of aliphatic imine (C=N–C) groups is 1. The summed E-state index contributed by atoms with van der Waals surface area (Å²) in [6.07, 6.45) is 5.74. The molecule has 0 radical (unpaired) electrons. The van der Waals surface area contributed by atoms with Crippen molar-refractivity contribution in [3.8, 4) is 0 Å². The Hall–Kier alpha value is -0.530. The molecule has 0 unspecified atom stereocenters. The van der Waals surface area contributed by atoms with Crippen molar-refractivity contribution in [1.82, 2.24) is 10.6 Å². The van der Waals surface area contributed by atoms with Gasteiger partial charge >= 0.3 is 5.97 Å². The van der Waals surface area contributed by atoms with Gasteiger partial charge in [0.15, 0.2) is 5.96 Å². The number of carbonyl (C=O) groups excluding carboxylic acids is 1. The highest BCUT2D eigenvalue weighted by Crippen LogP contribution is 2.10. The highest BCUT2D eigenvalue weighted by Gasteiger charge is 2.15. The minimum atomic E-state index is -0.374. The Morgan fingerprint density at radius 3 is 2.26 bits per heavy atom. The molecule has 0 aliphatic heterocycles. The van der Waals surface area contributed by atoms with Crippen molar-refractivity contribution in [3.63, 3.8) is 0 Å². The molecule has 0 aliphatic carbocycles. The zero-order valence-electron chi connectivity index (χ0n) is 15.5. The fourth-order valence-corrected chi connectivity index (χ4v) is 1.91. The summed E-state index contributed by atoms with van der Waals surface area (Å²) in [5.74, 6) is 0.810. The number of nitrogens with one attached hydrogen (secondary N) is 2. The van der Waals surface area contributed by atoms with E-state index in [2.05, 4.69) is 29.5 Å². The summed E-state index contributed by atoms with van der Waals surface area (Å²) in [7, 11) is 0. The molecular weight excluding hydrogens is 405 g/mol. The van der Waals surface area contributed by atoms with Gasteiger partial charge in [0.1, 0.15) is 5.60 Å². The molecular formula is C17H36IN3O2.